The van der Waals surface area contributed by atoms with Gasteiger partial charge in [0, 0.05) is 25.3 Å². The maximum absolute atomic E-state index is 5.81. The van der Waals surface area contributed by atoms with Crippen LogP contribution in [0.3, 0.4) is 0 Å². The highest BCUT2D eigenvalue weighted by atomic mass is 28.3. The van der Waals surface area contributed by atoms with E-state index in [1.165, 1.54) is 19.3 Å². The number of nitrogens with zero attached hydrogens (tertiary/aromatic N) is 1. The molecular formula is C11H25NO2Si. The summed E-state index contributed by atoms with van der Waals surface area (Å²) in [4.78, 5) is 0. The van der Waals surface area contributed by atoms with E-state index < -0.39 is 9.45 Å². The molecule has 2 atom stereocenters. The van der Waals surface area contributed by atoms with Crippen LogP contribution in [-0.4, -0.2) is 39.3 Å². The molecule has 0 spiro atoms. The van der Waals surface area contributed by atoms with Gasteiger partial charge in [-0.2, -0.15) is 0 Å². The molecule has 1 heterocycles. The van der Waals surface area contributed by atoms with Gasteiger partial charge in [0.2, 0.25) is 0 Å². The van der Waals surface area contributed by atoms with Crippen molar-refractivity contribution in [2.24, 2.45) is 0 Å². The number of hydrogen-bond donors (Lipinski definition) is 0. The molecule has 1 aliphatic heterocycles. The second kappa shape index (κ2) is 6.63. The molecule has 90 valence electrons. The molecule has 1 rings (SSSR count). The molecule has 0 unspecified atom stereocenters. The topological polar surface area (TPSA) is 21.7 Å². The smallest absolute Gasteiger partial charge is 0.385 e. The Hall–Kier alpha value is 0.0969. The van der Waals surface area contributed by atoms with E-state index in [4.69, 9.17) is 8.85 Å². The van der Waals surface area contributed by atoms with Gasteiger partial charge < -0.3 is 8.85 Å². The first kappa shape index (κ1) is 13.2. The summed E-state index contributed by atoms with van der Waals surface area (Å²) >= 11 is 0. The van der Waals surface area contributed by atoms with Gasteiger partial charge in [-0.15, -0.1) is 0 Å². The fourth-order valence-electron chi connectivity index (χ4n) is 2.36. The van der Waals surface area contributed by atoms with Crippen molar-refractivity contribution in [2.45, 2.75) is 59.0 Å². The van der Waals surface area contributed by atoms with Crippen molar-refractivity contribution < 1.29 is 8.85 Å². The lowest BCUT2D eigenvalue weighted by molar-refractivity contribution is 0.0921. The van der Waals surface area contributed by atoms with Gasteiger partial charge in [0.05, 0.1) is 0 Å². The van der Waals surface area contributed by atoms with E-state index in [0.29, 0.717) is 12.1 Å². The van der Waals surface area contributed by atoms with E-state index in [0.717, 1.165) is 13.2 Å². The molecule has 1 saturated heterocycles. The van der Waals surface area contributed by atoms with Crippen LogP contribution in [0.1, 0.15) is 47.0 Å². The van der Waals surface area contributed by atoms with Gasteiger partial charge >= 0.3 is 9.45 Å². The van der Waals surface area contributed by atoms with Crippen molar-refractivity contribution in [1.82, 2.24) is 4.57 Å². The Morgan fingerprint density at radius 1 is 1.07 bits per heavy atom. The zero-order valence-corrected chi connectivity index (χ0v) is 11.7. The Morgan fingerprint density at radius 3 is 1.93 bits per heavy atom. The molecular weight excluding hydrogens is 206 g/mol. The molecule has 0 N–H and O–H groups in total. The first-order chi connectivity index (χ1) is 7.20. The second-order valence-corrected chi connectivity index (χ2v) is 6.17. The van der Waals surface area contributed by atoms with Crippen molar-refractivity contribution in [3.63, 3.8) is 0 Å². The van der Waals surface area contributed by atoms with Crippen LogP contribution in [0.5, 0.6) is 0 Å². The molecule has 1 aliphatic rings. The van der Waals surface area contributed by atoms with Gasteiger partial charge in [0.15, 0.2) is 0 Å². The maximum Gasteiger partial charge on any atom is 0.411 e. The molecule has 1 fully saturated rings. The number of rotatable bonds is 5. The van der Waals surface area contributed by atoms with Gasteiger partial charge in [-0.25, -0.2) is 0 Å². The van der Waals surface area contributed by atoms with Crippen molar-refractivity contribution in [1.29, 1.82) is 0 Å². The molecule has 0 saturated carbocycles. The molecule has 0 radical (unpaired) electrons. The Balaban J connectivity index is 2.60. The lowest BCUT2D eigenvalue weighted by Crippen LogP contribution is -2.55. The van der Waals surface area contributed by atoms with Gasteiger partial charge in [-0.05, 0) is 26.7 Å². The minimum absolute atomic E-state index is 0.628. The quantitative estimate of drug-likeness (QED) is 0.676. The summed E-state index contributed by atoms with van der Waals surface area (Å²) in [6.07, 6.45) is 3.92. The molecule has 15 heavy (non-hydrogen) atoms. The van der Waals surface area contributed by atoms with Gasteiger partial charge in [0.25, 0.3) is 0 Å². The van der Waals surface area contributed by atoms with Gasteiger partial charge in [0.1, 0.15) is 0 Å². The van der Waals surface area contributed by atoms with Crippen molar-refractivity contribution >= 4 is 9.45 Å². The van der Waals surface area contributed by atoms with E-state index in [2.05, 4.69) is 32.3 Å². The Bertz CT molecular complexity index is 164. The molecule has 0 aromatic heterocycles. The minimum atomic E-state index is -1.60. The van der Waals surface area contributed by atoms with Crippen LogP contribution in [-0.2, 0) is 8.85 Å². The lowest BCUT2D eigenvalue weighted by atomic mass is 10.0. The summed E-state index contributed by atoms with van der Waals surface area (Å²) in [5.41, 5.74) is 0. The largest absolute Gasteiger partial charge is 0.411 e. The zero-order chi connectivity index (χ0) is 11.3. The predicted molar refractivity (Wildman–Crippen MR) is 65.0 cm³/mol. The molecule has 4 heteroatoms. The van der Waals surface area contributed by atoms with Crippen LogP contribution in [0.2, 0.25) is 0 Å². The van der Waals surface area contributed by atoms with Crippen LogP contribution in [0, 0.1) is 0 Å². The third-order valence-electron chi connectivity index (χ3n) is 3.12. The predicted octanol–water partition coefficient (Wildman–Crippen LogP) is 2.04. The lowest BCUT2D eigenvalue weighted by Gasteiger charge is -2.42. The molecule has 0 bridgehead atoms. The highest BCUT2D eigenvalue weighted by molar-refractivity contribution is 6.41. The van der Waals surface area contributed by atoms with Crippen LogP contribution < -0.4 is 0 Å². The molecule has 0 aromatic carbocycles. The Labute approximate surface area is 95.7 Å². The van der Waals surface area contributed by atoms with E-state index in [1.807, 2.05) is 0 Å². The summed E-state index contributed by atoms with van der Waals surface area (Å²) in [6, 6.07) is 1.26. The average molecular weight is 231 g/mol. The van der Waals surface area contributed by atoms with Gasteiger partial charge in [-0.1, -0.05) is 20.3 Å². The molecule has 0 aliphatic carbocycles. The monoisotopic (exact) mass is 231 g/mol. The fourth-order valence-corrected chi connectivity index (χ4v) is 4.50. The summed E-state index contributed by atoms with van der Waals surface area (Å²) in [7, 11) is -1.60. The Kier molecular flexibility index (Phi) is 5.82. The molecule has 3 nitrogen and oxygen atoms in total. The SMILES string of the molecule is CCO[SiH](OCC)N1[C@H](C)CCC[C@@H]1C. The average Bonchev–Trinajstić information content (AvgIpc) is 2.18. The zero-order valence-electron chi connectivity index (χ0n) is 10.5. The maximum atomic E-state index is 5.81. The van der Waals surface area contributed by atoms with Gasteiger partial charge in [-0.3, -0.25) is 4.57 Å². The van der Waals surface area contributed by atoms with E-state index >= 15 is 0 Å². The standard InChI is InChI=1S/C11H25NO2Si/c1-5-13-15(14-6-2)12-10(3)8-7-9-11(12)4/h10-11,15H,5-9H2,1-4H3/t10-,11+. The van der Waals surface area contributed by atoms with E-state index in [9.17, 15) is 0 Å². The first-order valence-corrected chi connectivity index (χ1v) is 7.67. The Morgan fingerprint density at radius 2 is 1.53 bits per heavy atom. The third-order valence-corrected chi connectivity index (χ3v) is 5.87. The summed E-state index contributed by atoms with van der Waals surface area (Å²) in [5.74, 6) is 0. The minimum Gasteiger partial charge on any atom is -0.385 e. The number of hydrogen-bond acceptors (Lipinski definition) is 3. The van der Waals surface area contributed by atoms with E-state index in [1.54, 1.807) is 0 Å². The van der Waals surface area contributed by atoms with E-state index in [-0.39, 0.29) is 0 Å². The molecule has 0 amide bonds. The normalized spacial score (nSPS) is 28.6. The van der Waals surface area contributed by atoms with Crippen LogP contribution >= 0.6 is 0 Å². The molecule has 0 aromatic rings. The van der Waals surface area contributed by atoms with Crippen LogP contribution in [0.25, 0.3) is 0 Å². The highest BCUT2D eigenvalue weighted by Gasteiger charge is 2.34. The summed E-state index contributed by atoms with van der Waals surface area (Å²) in [6.45, 7) is 10.2. The number of piperidine rings is 1. The third kappa shape index (κ3) is 3.55. The van der Waals surface area contributed by atoms with Crippen LogP contribution in [0.4, 0.5) is 0 Å². The fraction of sp³-hybridized carbons (Fsp3) is 1.00. The second-order valence-electron chi connectivity index (χ2n) is 4.29. The summed E-state index contributed by atoms with van der Waals surface area (Å²) < 4.78 is 14.1. The first-order valence-electron chi connectivity index (χ1n) is 6.21. The highest BCUT2D eigenvalue weighted by Crippen LogP contribution is 2.24. The van der Waals surface area contributed by atoms with Crippen molar-refractivity contribution in [3.8, 4) is 0 Å². The van der Waals surface area contributed by atoms with Crippen LogP contribution in [0.15, 0.2) is 0 Å². The van der Waals surface area contributed by atoms with Crippen molar-refractivity contribution in [3.05, 3.63) is 0 Å². The van der Waals surface area contributed by atoms with Crippen molar-refractivity contribution in [2.75, 3.05) is 13.2 Å². The summed E-state index contributed by atoms with van der Waals surface area (Å²) in [5, 5.41) is 0.